The van der Waals surface area contributed by atoms with Crippen LogP contribution < -0.4 is 5.73 Å². The number of pyridine rings is 1. The summed E-state index contributed by atoms with van der Waals surface area (Å²) in [6, 6.07) is 8.93. The van der Waals surface area contributed by atoms with Crippen LogP contribution >= 0.6 is 0 Å². The summed E-state index contributed by atoms with van der Waals surface area (Å²) >= 11 is 0. The molecule has 7 heteroatoms. The van der Waals surface area contributed by atoms with Crippen LogP contribution in [0.25, 0.3) is 11.0 Å². The zero-order chi connectivity index (χ0) is 22.5. The molecule has 0 radical (unpaired) electrons. The number of hydrogen-bond acceptors (Lipinski definition) is 5. The second-order valence-electron chi connectivity index (χ2n) is 8.89. The van der Waals surface area contributed by atoms with Crippen LogP contribution in [0.5, 0.6) is 0 Å². The molecule has 4 rings (SSSR count). The van der Waals surface area contributed by atoms with Crippen molar-refractivity contribution in [1.82, 2.24) is 4.98 Å². The summed E-state index contributed by atoms with van der Waals surface area (Å²) in [4.78, 5) is 29.9. The lowest BCUT2D eigenvalue weighted by molar-refractivity contribution is -0.825. The van der Waals surface area contributed by atoms with Crippen LogP contribution in [0.1, 0.15) is 51.2 Å². The number of aromatic nitrogens is 1. The molecule has 2 amide bonds. The number of fused-ring (bicyclic) bond motifs is 1. The molecule has 0 spiro atoms. The molecule has 162 valence electrons. The van der Waals surface area contributed by atoms with Crippen molar-refractivity contribution in [2.75, 3.05) is 20.7 Å². The van der Waals surface area contributed by atoms with E-state index in [0.717, 1.165) is 23.1 Å². The molecule has 3 aromatic rings. The number of carbonyl (C=O) groups is 2. The molecule has 1 aliphatic rings. The van der Waals surface area contributed by atoms with Crippen molar-refractivity contribution in [3.05, 3.63) is 64.7 Å². The number of carbonyl (C=O) groups excluding carboxylic acids is 2. The van der Waals surface area contributed by atoms with Crippen molar-refractivity contribution in [2.45, 2.75) is 38.1 Å². The van der Waals surface area contributed by atoms with E-state index in [1.807, 2.05) is 30.5 Å². The summed E-state index contributed by atoms with van der Waals surface area (Å²) in [5.41, 5.74) is 9.92. The molecule has 3 N–H and O–H groups in total. The van der Waals surface area contributed by atoms with Crippen LogP contribution in [0.2, 0.25) is 0 Å². The van der Waals surface area contributed by atoms with E-state index in [0.29, 0.717) is 28.7 Å². The SMILES string of the molecule is Cc1cccnc1C1CC1c1ccc2oc(C)c(C(=O)[N+](C)(C)C(CO)C(N)=O)c2c1. The third-order valence-corrected chi connectivity index (χ3v) is 6.53. The number of primary amides is 1. The van der Waals surface area contributed by atoms with E-state index in [1.165, 1.54) is 5.56 Å². The van der Waals surface area contributed by atoms with Crippen molar-refractivity contribution in [3.8, 4) is 0 Å². The summed E-state index contributed by atoms with van der Waals surface area (Å²) in [5, 5.41) is 10.4. The number of aliphatic hydroxyl groups excluding tert-OH is 1. The predicted molar refractivity (Wildman–Crippen MR) is 117 cm³/mol. The Kier molecular flexibility index (Phi) is 5.19. The van der Waals surface area contributed by atoms with Crippen molar-refractivity contribution in [3.63, 3.8) is 0 Å². The van der Waals surface area contributed by atoms with Gasteiger partial charge >= 0.3 is 5.91 Å². The Hall–Kier alpha value is -3.03. The van der Waals surface area contributed by atoms with Gasteiger partial charge in [0.05, 0.1) is 14.1 Å². The molecule has 1 aliphatic carbocycles. The fourth-order valence-corrected chi connectivity index (χ4v) is 4.53. The highest BCUT2D eigenvalue weighted by molar-refractivity contribution is 6.05. The lowest BCUT2D eigenvalue weighted by atomic mass is 10.0. The first-order valence-electron chi connectivity index (χ1n) is 10.4. The number of aryl methyl sites for hydroxylation is 2. The molecule has 7 nitrogen and oxygen atoms in total. The number of nitrogens with zero attached hydrogens (tertiary/aromatic N) is 2. The standard InChI is InChI=1S/C24H27N3O4/c1-13-6-5-9-26-22(13)17-11-16(17)15-7-8-20-18(10-15)21(14(2)31-20)24(30)27(3,4)19(12-28)23(25)29/h5-10,16-17,19,28H,11-12H2,1-4H3,(H-,25,29)/p+1. The van der Waals surface area contributed by atoms with Gasteiger partial charge in [-0.3, -0.25) is 9.78 Å². The predicted octanol–water partition coefficient (Wildman–Crippen LogP) is 2.78. The van der Waals surface area contributed by atoms with E-state index in [2.05, 4.69) is 18.0 Å². The Morgan fingerprint density at radius 2 is 2.00 bits per heavy atom. The number of aliphatic hydroxyl groups is 1. The molecule has 3 atom stereocenters. The number of furan rings is 1. The number of rotatable bonds is 6. The maximum Gasteiger partial charge on any atom is 0.350 e. The summed E-state index contributed by atoms with van der Waals surface area (Å²) in [5.74, 6) is 0.149. The molecule has 0 saturated heterocycles. The van der Waals surface area contributed by atoms with Crippen LogP contribution in [-0.4, -0.2) is 53.1 Å². The molecule has 2 heterocycles. The summed E-state index contributed by atoms with van der Waals surface area (Å²) in [7, 11) is 3.16. The molecular formula is C24H28N3O4+. The topological polar surface area (TPSA) is 106 Å². The quantitative estimate of drug-likeness (QED) is 0.594. The minimum absolute atomic E-state index is 0.320. The van der Waals surface area contributed by atoms with Gasteiger partial charge in [0.25, 0.3) is 5.91 Å². The molecular weight excluding hydrogens is 394 g/mol. The van der Waals surface area contributed by atoms with Gasteiger partial charge in [0.1, 0.15) is 23.5 Å². The molecule has 31 heavy (non-hydrogen) atoms. The fraction of sp³-hybridized carbons (Fsp3) is 0.375. The molecule has 1 fully saturated rings. The molecule has 2 aromatic heterocycles. The maximum atomic E-state index is 13.5. The second kappa shape index (κ2) is 7.59. The van der Waals surface area contributed by atoms with Gasteiger partial charge in [0, 0.05) is 23.2 Å². The number of hydrogen-bond donors (Lipinski definition) is 2. The Morgan fingerprint density at radius 1 is 1.26 bits per heavy atom. The van der Waals surface area contributed by atoms with Crippen LogP contribution in [0.15, 0.2) is 40.9 Å². The van der Waals surface area contributed by atoms with E-state index in [-0.39, 0.29) is 10.4 Å². The second-order valence-corrected chi connectivity index (χ2v) is 8.89. The van der Waals surface area contributed by atoms with Crippen molar-refractivity contribution < 1.29 is 23.6 Å². The van der Waals surface area contributed by atoms with Gasteiger partial charge in [-0.2, -0.15) is 0 Å². The van der Waals surface area contributed by atoms with E-state index >= 15 is 0 Å². The van der Waals surface area contributed by atoms with Crippen LogP contribution in [0, 0.1) is 13.8 Å². The Balaban J connectivity index is 1.72. The zero-order valence-corrected chi connectivity index (χ0v) is 18.3. The Morgan fingerprint density at radius 3 is 2.65 bits per heavy atom. The van der Waals surface area contributed by atoms with E-state index in [1.54, 1.807) is 21.0 Å². The molecule has 3 unspecified atom stereocenters. The van der Waals surface area contributed by atoms with Crippen molar-refractivity contribution >= 4 is 22.8 Å². The molecule has 1 aromatic carbocycles. The molecule has 0 bridgehead atoms. The number of likely N-dealkylation sites (N-methyl/N-ethyl adjacent to an activating group) is 1. The van der Waals surface area contributed by atoms with Crippen LogP contribution in [0.3, 0.4) is 0 Å². The number of benzene rings is 1. The fourth-order valence-electron chi connectivity index (χ4n) is 4.53. The average Bonchev–Trinajstić information content (AvgIpc) is 3.43. The minimum Gasteiger partial charge on any atom is -0.460 e. The number of quaternary nitrogens is 1. The smallest absolute Gasteiger partial charge is 0.350 e. The van der Waals surface area contributed by atoms with E-state index < -0.39 is 18.6 Å². The minimum atomic E-state index is -1.04. The average molecular weight is 423 g/mol. The Bertz CT molecular complexity index is 1180. The first-order chi connectivity index (χ1) is 14.7. The third kappa shape index (κ3) is 3.54. The van der Waals surface area contributed by atoms with Crippen molar-refractivity contribution in [1.29, 1.82) is 0 Å². The third-order valence-electron chi connectivity index (χ3n) is 6.53. The van der Waals surface area contributed by atoms with Crippen LogP contribution in [0.4, 0.5) is 0 Å². The summed E-state index contributed by atoms with van der Waals surface area (Å²) in [6.45, 7) is 3.30. The monoisotopic (exact) mass is 422 g/mol. The molecule has 1 saturated carbocycles. The normalized spacial score (nSPS) is 19.4. The number of nitrogens with two attached hydrogens (primary N) is 1. The maximum absolute atomic E-state index is 13.5. The van der Waals surface area contributed by atoms with E-state index in [9.17, 15) is 14.7 Å². The van der Waals surface area contributed by atoms with Gasteiger partial charge in [0.2, 0.25) is 0 Å². The van der Waals surface area contributed by atoms with Gasteiger partial charge in [-0.05, 0) is 55.5 Å². The van der Waals surface area contributed by atoms with Crippen LogP contribution in [-0.2, 0) is 4.79 Å². The van der Waals surface area contributed by atoms with Gasteiger partial charge in [0.15, 0.2) is 6.04 Å². The van der Waals surface area contributed by atoms with Gasteiger partial charge in [-0.15, -0.1) is 0 Å². The lowest BCUT2D eigenvalue weighted by Gasteiger charge is -2.32. The highest BCUT2D eigenvalue weighted by Gasteiger charge is 2.44. The molecule has 0 aliphatic heterocycles. The van der Waals surface area contributed by atoms with Gasteiger partial charge in [-0.25, -0.2) is 9.28 Å². The summed E-state index contributed by atoms with van der Waals surface area (Å²) in [6.07, 6.45) is 2.84. The highest BCUT2D eigenvalue weighted by Crippen LogP contribution is 2.55. The first kappa shape index (κ1) is 21.2. The Labute approximate surface area is 181 Å². The number of amides is 2. The van der Waals surface area contributed by atoms with Gasteiger partial charge < -0.3 is 15.3 Å². The van der Waals surface area contributed by atoms with Gasteiger partial charge in [-0.1, -0.05) is 12.1 Å². The van der Waals surface area contributed by atoms with Crippen molar-refractivity contribution in [2.24, 2.45) is 5.73 Å². The summed E-state index contributed by atoms with van der Waals surface area (Å²) < 4.78 is 5.47. The first-order valence-corrected chi connectivity index (χ1v) is 10.4. The zero-order valence-electron chi connectivity index (χ0n) is 18.3. The lowest BCUT2D eigenvalue weighted by Crippen LogP contribution is -2.60. The largest absolute Gasteiger partial charge is 0.460 e. The highest BCUT2D eigenvalue weighted by atomic mass is 16.3. The van der Waals surface area contributed by atoms with E-state index in [4.69, 9.17) is 10.2 Å².